The van der Waals surface area contributed by atoms with Crippen molar-refractivity contribution in [2.75, 3.05) is 0 Å². The first-order chi connectivity index (χ1) is 9.99. The fourth-order valence-corrected chi connectivity index (χ4v) is 1.90. The number of aromatic nitrogens is 2. The van der Waals surface area contributed by atoms with Gasteiger partial charge in [0, 0.05) is 6.20 Å². The first-order valence-electron chi connectivity index (χ1n) is 6.64. The van der Waals surface area contributed by atoms with E-state index in [4.69, 9.17) is 5.11 Å². The van der Waals surface area contributed by atoms with Gasteiger partial charge in [-0.1, -0.05) is 32.0 Å². The number of carboxylic acid groups (broad SMARTS) is 1. The number of aliphatic carboxylic acids is 1. The van der Waals surface area contributed by atoms with E-state index in [1.54, 1.807) is 30.8 Å². The number of nitrogens with one attached hydrogen (secondary N) is 1. The summed E-state index contributed by atoms with van der Waals surface area (Å²) in [6.07, 6.45) is 1.66. The van der Waals surface area contributed by atoms with Gasteiger partial charge in [-0.25, -0.2) is 9.48 Å². The topological polar surface area (TPSA) is 84.2 Å². The summed E-state index contributed by atoms with van der Waals surface area (Å²) >= 11 is 0. The fourth-order valence-electron chi connectivity index (χ4n) is 1.90. The van der Waals surface area contributed by atoms with Gasteiger partial charge in [-0.15, -0.1) is 0 Å². The van der Waals surface area contributed by atoms with Gasteiger partial charge in [0.15, 0.2) is 5.69 Å². The summed E-state index contributed by atoms with van der Waals surface area (Å²) in [5.74, 6) is -1.76. The molecule has 2 N–H and O–H groups in total. The molecule has 1 amide bonds. The Morgan fingerprint density at radius 3 is 2.43 bits per heavy atom. The van der Waals surface area contributed by atoms with Crippen molar-refractivity contribution in [3.8, 4) is 5.69 Å². The number of hydrogen-bond acceptors (Lipinski definition) is 3. The Hall–Kier alpha value is -2.63. The van der Waals surface area contributed by atoms with Crippen LogP contribution in [0, 0.1) is 5.92 Å². The van der Waals surface area contributed by atoms with Crippen LogP contribution in [0.2, 0.25) is 0 Å². The molecular formula is C15H17N3O3. The highest BCUT2D eigenvalue weighted by molar-refractivity contribution is 5.95. The third-order valence-electron chi connectivity index (χ3n) is 3.06. The average molecular weight is 287 g/mol. The van der Waals surface area contributed by atoms with E-state index >= 15 is 0 Å². The quantitative estimate of drug-likeness (QED) is 0.876. The molecule has 0 saturated heterocycles. The number of rotatable bonds is 5. The molecule has 110 valence electrons. The van der Waals surface area contributed by atoms with Crippen molar-refractivity contribution < 1.29 is 14.7 Å². The standard InChI is InChI=1S/C15H17N3O3/c1-10(2)13(15(20)21)16-14(19)12-8-9-18(17-12)11-6-4-3-5-7-11/h3-10,13H,1-2H3,(H,16,19)(H,20,21)/t13-/m0/s1. The zero-order chi connectivity index (χ0) is 15.4. The van der Waals surface area contributed by atoms with Crippen LogP contribution in [0.1, 0.15) is 24.3 Å². The van der Waals surface area contributed by atoms with E-state index in [0.29, 0.717) is 0 Å². The summed E-state index contributed by atoms with van der Waals surface area (Å²) in [4.78, 5) is 23.2. The molecule has 2 aromatic rings. The van der Waals surface area contributed by atoms with Gasteiger partial charge in [0.1, 0.15) is 6.04 Å². The molecule has 0 spiro atoms. The van der Waals surface area contributed by atoms with Crippen LogP contribution in [0.5, 0.6) is 0 Å². The van der Waals surface area contributed by atoms with Crippen molar-refractivity contribution >= 4 is 11.9 Å². The molecule has 2 rings (SSSR count). The van der Waals surface area contributed by atoms with Gasteiger partial charge >= 0.3 is 5.97 Å². The smallest absolute Gasteiger partial charge is 0.326 e. The third kappa shape index (κ3) is 3.47. The van der Waals surface area contributed by atoms with Crippen LogP contribution in [0.15, 0.2) is 42.6 Å². The third-order valence-corrected chi connectivity index (χ3v) is 3.06. The molecule has 6 nitrogen and oxygen atoms in total. The Kier molecular flexibility index (Phi) is 4.37. The van der Waals surface area contributed by atoms with Crippen molar-refractivity contribution in [1.29, 1.82) is 0 Å². The van der Waals surface area contributed by atoms with Crippen LogP contribution in [-0.2, 0) is 4.79 Å². The van der Waals surface area contributed by atoms with Crippen LogP contribution in [0.3, 0.4) is 0 Å². The molecule has 0 bridgehead atoms. The number of amides is 1. The summed E-state index contributed by atoms with van der Waals surface area (Å²) in [5, 5.41) is 15.7. The van der Waals surface area contributed by atoms with Crippen molar-refractivity contribution in [1.82, 2.24) is 15.1 Å². The van der Waals surface area contributed by atoms with Gasteiger partial charge in [0.2, 0.25) is 0 Å². The van der Waals surface area contributed by atoms with Crippen molar-refractivity contribution in [3.63, 3.8) is 0 Å². The van der Waals surface area contributed by atoms with Gasteiger partial charge in [0.25, 0.3) is 5.91 Å². The van der Waals surface area contributed by atoms with Crippen molar-refractivity contribution in [3.05, 3.63) is 48.3 Å². The van der Waals surface area contributed by atoms with Crippen molar-refractivity contribution in [2.45, 2.75) is 19.9 Å². The number of carbonyl (C=O) groups excluding carboxylic acids is 1. The molecule has 0 fully saturated rings. The molecular weight excluding hydrogens is 270 g/mol. The molecule has 0 aliphatic carbocycles. The minimum atomic E-state index is -1.05. The summed E-state index contributed by atoms with van der Waals surface area (Å²) < 4.78 is 1.57. The molecule has 1 heterocycles. The molecule has 1 atom stereocenters. The lowest BCUT2D eigenvalue weighted by Crippen LogP contribution is -2.44. The van der Waals surface area contributed by atoms with E-state index in [9.17, 15) is 9.59 Å². The summed E-state index contributed by atoms with van der Waals surface area (Å²) in [6.45, 7) is 3.48. The normalized spacial score (nSPS) is 12.1. The maximum Gasteiger partial charge on any atom is 0.326 e. The van der Waals surface area contributed by atoms with E-state index in [1.165, 1.54) is 0 Å². The predicted molar refractivity (Wildman–Crippen MR) is 77.3 cm³/mol. The van der Waals surface area contributed by atoms with Crippen LogP contribution >= 0.6 is 0 Å². The van der Waals surface area contributed by atoms with Gasteiger partial charge in [-0.05, 0) is 24.1 Å². The maximum absolute atomic E-state index is 12.1. The number of nitrogens with zero attached hydrogens (tertiary/aromatic N) is 2. The van der Waals surface area contributed by atoms with Crippen LogP contribution < -0.4 is 5.32 Å². The highest BCUT2D eigenvalue weighted by atomic mass is 16.4. The Balaban J connectivity index is 2.14. The number of carbonyl (C=O) groups is 2. The number of hydrogen-bond donors (Lipinski definition) is 2. The summed E-state index contributed by atoms with van der Waals surface area (Å²) in [6, 6.07) is 9.99. The molecule has 21 heavy (non-hydrogen) atoms. The summed E-state index contributed by atoms with van der Waals surface area (Å²) in [7, 11) is 0. The summed E-state index contributed by atoms with van der Waals surface area (Å²) in [5.41, 5.74) is 1.01. The Morgan fingerprint density at radius 1 is 1.19 bits per heavy atom. The van der Waals surface area contributed by atoms with E-state index in [2.05, 4.69) is 10.4 Å². The zero-order valence-electron chi connectivity index (χ0n) is 11.9. The second-order valence-corrected chi connectivity index (χ2v) is 5.01. The molecule has 0 aliphatic rings. The maximum atomic E-state index is 12.1. The van der Waals surface area contributed by atoms with E-state index in [-0.39, 0.29) is 11.6 Å². The second-order valence-electron chi connectivity index (χ2n) is 5.01. The van der Waals surface area contributed by atoms with E-state index in [1.807, 2.05) is 30.3 Å². The molecule has 6 heteroatoms. The van der Waals surface area contributed by atoms with Crippen molar-refractivity contribution in [2.24, 2.45) is 5.92 Å². The highest BCUT2D eigenvalue weighted by Crippen LogP contribution is 2.08. The van der Waals surface area contributed by atoms with Gasteiger partial charge < -0.3 is 10.4 Å². The largest absolute Gasteiger partial charge is 0.480 e. The average Bonchev–Trinajstić information content (AvgIpc) is 2.94. The Bertz CT molecular complexity index is 635. The Morgan fingerprint density at radius 2 is 1.86 bits per heavy atom. The molecule has 1 aromatic heterocycles. The monoisotopic (exact) mass is 287 g/mol. The minimum absolute atomic E-state index is 0.186. The highest BCUT2D eigenvalue weighted by Gasteiger charge is 2.24. The molecule has 0 aliphatic heterocycles. The SMILES string of the molecule is CC(C)[C@H](NC(=O)c1ccn(-c2ccccc2)n1)C(=O)O. The number of carboxylic acids is 1. The van der Waals surface area contributed by atoms with Crippen LogP contribution in [0.4, 0.5) is 0 Å². The lowest BCUT2D eigenvalue weighted by Gasteiger charge is -2.16. The lowest BCUT2D eigenvalue weighted by molar-refractivity contribution is -0.140. The Labute approximate surface area is 122 Å². The van der Waals surface area contributed by atoms with Gasteiger partial charge in [-0.3, -0.25) is 4.79 Å². The van der Waals surface area contributed by atoms with Gasteiger partial charge in [0.05, 0.1) is 5.69 Å². The van der Waals surface area contributed by atoms with Gasteiger partial charge in [-0.2, -0.15) is 5.10 Å². The minimum Gasteiger partial charge on any atom is -0.480 e. The first-order valence-corrected chi connectivity index (χ1v) is 6.64. The predicted octanol–water partition coefficient (Wildman–Crippen LogP) is 1.71. The second kappa shape index (κ2) is 6.21. The van der Waals surface area contributed by atoms with E-state index < -0.39 is 17.9 Å². The first kappa shape index (κ1) is 14.8. The molecule has 0 saturated carbocycles. The van der Waals surface area contributed by atoms with E-state index in [0.717, 1.165) is 5.69 Å². The number of para-hydroxylation sites is 1. The fraction of sp³-hybridized carbons (Fsp3) is 0.267. The molecule has 1 aromatic carbocycles. The van der Waals surface area contributed by atoms with Crippen LogP contribution in [0.25, 0.3) is 5.69 Å². The van der Waals surface area contributed by atoms with Crippen LogP contribution in [-0.4, -0.2) is 32.8 Å². The zero-order valence-corrected chi connectivity index (χ0v) is 11.9. The molecule has 0 unspecified atom stereocenters. The lowest BCUT2D eigenvalue weighted by atomic mass is 10.0. The molecule has 0 radical (unpaired) electrons. The number of benzene rings is 1.